The van der Waals surface area contributed by atoms with Gasteiger partial charge in [0.15, 0.2) is 6.29 Å². The molecule has 4 unspecified atom stereocenters. The van der Waals surface area contributed by atoms with E-state index in [2.05, 4.69) is 62.1 Å². The molecule has 8 heterocycles. The molecule has 1 saturated carbocycles. The summed E-state index contributed by atoms with van der Waals surface area (Å²) in [6.45, 7) is 14.9. The molecule has 0 spiro atoms. The molecule has 5 fully saturated rings. The summed E-state index contributed by atoms with van der Waals surface area (Å²) in [6.07, 6.45) is 5.80. The Labute approximate surface area is 505 Å². The molecule has 12 rings (SSSR count). The third kappa shape index (κ3) is 13.1. The summed E-state index contributed by atoms with van der Waals surface area (Å²) in [5.74, 6) is 0.549. The van der Waals surface area contributed by atoms with E-state index >= 15 is 13.2 Å². The van der Waals surface area contributed by atoms with E-state index in [0.29, 0.717) is 91.6 Å². The van der Waals surface area contributed by atoms with Crippen LogP contribution in [0.3, 0.4) is 0 Å². The number of fused-ring (bicyclic) bond motifs is 3. The molecule has 3 aromatic carbocycles. The number of alkyl halides is 3. The first kappa shape index (κ1) is 62.3. The first-order chi connectivity index (χ1) is 42.2. The molecule has 4 aliphatic heterocycles. The van der Waals surface area contributed by atoms with E-state index in [1.807, 2.05) is 80.0 Å². The van der Waals surface area contributed by atoms with E-state index in [1.165, 1.54) is 13.0 Å². The fourth-order valence-electron chi connectivity index (χ4n) is 13.4. The van der Waals surface area contributed by atoms with Crippen LogP contribution in [0.2, 0.25) is 0 Å². The number of benzene rings is 3. The number of rotatable bonds is 20. The van der Waals surface area contributed by atoms with Crippen molar-refractivity contribution < 1.29 is 42.1 Å². The summed E-state index contributed by atoms with van der Waals surface area (Å²) in [5.41, 5.74) is 14.1. The van der Waals surface area contributed by atoms with Crippen LogP contribution in [0.15, 0.2) is 73.1 Å². The number of carbonyl (C=O) groups is 3. The van der Waals surface area contributed by atoms with E-state index in [0.717, 1.165) is 104 Å². The van der Waals surface area contributed by atoms with Gasteiger partial charge in [0.1, 0.15) is 36.3 Å². The van der Waals surface area contributed by atoms with E-state index in [9.17, 15) is 9.59 Å². The molecule has 0 radical (unpaired) electrons. The van der Waals surface area contributed by atoms with E-state index in [1.54, 1.807) is 4.68 Å². The quantitative estimate of drug-likeness (QED) is 0.0447. The number of amides is 1. The van der Waals surface area contributed by atoms with Crippen LogP contribution in [0.5, 0.6) is 6.01 Å². The number of anilines is 3. The zero-order valence-electron chi connectivity index (χ0n) is 50.5. The maximum absolute atomic E-state index is 15.5. The number of hydrogen-bond donors (Lipinski definition) is 5. The average Bonchev–Trinajstić information content (AvgIpc) is 1.85. The molecular weight excluding hydrogens is 1120 g/mol. The number of piperazine rings is 1. The van der Waals surface area contributed by atoms with E-state index in [-0.39, 0.29) is 71.1 Å². The van der Waals surface area contributed by atoms with Gasteiger partial charge in [-0.15, -0.1) is 0 Å². The van der Waals surface area contributed by atoms with Gasteiger partial charge in [-0.3, -0.25) is 19.0 Å². The molecule has 5 aliphatic rings. The number of nitrogen functional groups attached to an aromatic ring is 1. The van der Waals surface area contributed by atoms with Crippen molar-refractivity contribution in [2.24, 2.45) is 5.92 Å². The lowest BCUT2D eigenvalue weighted by atomic mass is 9.86. The van der Waals surface area contributed by atoms with Gasteiger partial charge in [0.05, 0.1) is 35.7 Å². The van der Waals surface area contributed by atoms with Crippen LogP contribution in [0.1, 0.15) is 122 Å². The first-order valence-electron chi connectivity index (χ1n) is 30.4. The van der Waals surface area contributed by atoms with Crippen LogP contribution in [0.25, 0.3) is 44.5 Å². The van der Waals surface area contributed by atoms with Crippen LogP contribution in [-0.4, -0.2) is 141 Å². The SMILES string of the molecule is C=O.CCn1nccc1-c1ccc(CNCC2CCCN2C(=O)C(C(C)C)n2cc(-c3ccc(CCc4c(-c5nc(N)cc(C)c5C(F)(F)F)c(C5CC5)cc5c(N6CC7CC6CN7)nc(OC6CCOCC6)nc45)cc3NC)c(C=O)n2)cc1.CO. The number of likely N-dealkylation sites (tertiary alicyclic amines) is 1. The second kappa shape index (κ2) is 27.1. The number of aldehydes is 1. The average molecular weight is 1200 g/mol. The van der Waals surface area contributed by atoms with Crippen molar-refractivity contribution in [2.45, 2.75) is 141 Å². The van der Waals surface area contributed by atoms with Gasteiger partial charge in [-0.25, -0.2) is 4.98 Å². The zero-order valence-corrected chi connectivity index (χ0v) is 50.5. The van der Waals surface area contributed by atoms with Gasteiger partial charge in [-0.1, -0.05) is 50.2 Å². The minimum Gasteiger partial charge on any atom is -0.460 e. The summed E-state index contributed by atoms with van der Waals surface area (Å²) in [5, 5.41) is 27.6. The molecule has 22 heteroatoms. The Balaban J connectivity index is 0.00000205. The molecule has 4 saturated heterocycles. The minimum absolute atomic E-state index is 0.00122. The minimum atomic E-state index is -4.73. The molecule has 462 valence electrons. The number of aryl methyl sites for hydroxylation is 4. The molecule has 1 amide bonds. The molecule has 1 aliphatic carbocycles. The van der Waals surface area contributed by atoms with Crippen LogP contribution in [0, 0.1) is 12.8 Å². The predicted molar refractivity (Wildman–Crippen MR) is 330 cm³/mol. The van der Waals surface area contributed by atoms with Crippen molar-refractivity contribution >= 4 is 47.2 Å². The highest BCUT2D eigenvalue weighted by atomic mass is 19.4. The number of halogens is 3. The van der Waals surface area contributed by atoms with Crippen LogP contribution < -0.4 is 31.3 Å². The lowest BCUT2D eigenvalue weighted by molar-refractivity contribution is -0.138. The number of pyridine rings is 1. The molecule has 6 N–H and O–H groups in total. The monoisotopic (exact) mass is 1200 g/mol. The zero-order chi connectivity index (χ0) is 61.7. The topological polar surface area (TPSA) is 233 Å². The van der Waals surface area contributed by atoms with Gasteiger partial charge in [0, 0.05) is 125 Å². The van der Waals surface area contributed by atoms with E-state index in [4.69, 9.17) is 40.2 Å². The lowest BCUT2D eigenvalue weighted by Crippen LogP contribution is -2.46. The maximum Gasteiger partial charge on any atom is 0.418 e. The fourth-order valence-corrected chi connectivity index (χ4v) is 13.4. The summed E-state index contributed by atoms with van der Waals surface area (Å²) < 4.78 is 62.4. The molecular formula is C65H80F3N13O6. The van der Waals surface area contributed by atoms with Gasteiger partial charge in [0.2, 0.25) is 5.91 Å². The lowest BCUT2D eigenvalue weighted by Gasteiger charge is -2.31. The largest absolute Gasteiger partial charge is 0.460 e. The Bertz CT molecular complexity index is 3560. The number of nitrogens with zero attached hydrogens (tertiary/aromatic N) is 9. The Morgan fingerprint density at radius 1 is 0.977 bits per heavy atom. The highest BCUT2D eigenvalue weighted by Gasteiger charge is 2.43. The second-order valence-corrected chi connectivity index (χ2v) is 23.5. The van der Waals surface area contributed by atoms with Crippen molar-refractivity contribution in [1.29, 1.82) is 0 Å². The fraction of sp³-hybridized carbons (Fsp3) is 0.477. The van der Waals surface area contributed by atoms with Crippen molar-refractivity contribution in [3.05, 3.63) is 112 Å². The van der Waals surface area contributed by atoms with Gasteiger partial charge >= 0.3 is 12.2 Å². The Hall–Kier alpha value is -7.79. The molecule has 2 bridgehead atoms. The van der Waals surface area contributed by atoms with Crippen molar-refractivity contribution in [2.75, 3.05) is 69.5 Å². The predicted octanol–water partition coefficient (Wildman–Crippen LogP) is 9.37. The number of hydrogen-bond acceptors (Lipinski definition) is 16. The Morgan fingerprint density at radius 2 is 1.74 bits per heavy atom. The summed E-state index contributed by atoms with van der Waals surface area (Å²) in [6, 6.07) is 19.8. The highest BCUT2D eigenvalue weighted by Crippen LogP contribution is 2.52. The number of aliphatic hydroxyl groups excluding tert-OH is 1. The third-order valence-electron chi connectivity index (χ3n) is 17.6. The summed E-state index contributed by atoms with van der Waals surface area (Å²) >= 11 is 0. The van der Waals surface area contributed by atoms with Crippen molar-refractivity contribution in [1.82, 2.24) is 50.0 Å². The molecule has 4 atom stereocenters. The van der Waals surface area contributed by atoms with Gasteiger partial charge in [0.25, 0.3) is 0 Å². The number of nitrogens with two attached hydrogens (primary N) is 1. The molecule has 7 aromatic rings. The Kier molecular flexibility index (Phi) is 19.4. The molecule has 19 nitrogen and oxygen atoms in total. The maximum atomic E-state index is 15.5. The smallest absolute Gasteiger partial charge is 0.418 e. The number of nitrogens with one attached hydrogen (secondary N) is 3. The number of aromatic nitrogens is 7. The van der Waals surface area contributed by atoms with Crippen LogP contribution in [0.4, 0.5) is 30.5 Å². The van der Waals surface area contributed by atoms with Gasteiger partial charge < -0.3 is 50.9 Å². The number of aliphatic hydroxyl groups is 1. The van der Waals surface area contributed by atoms with E-state index < -0.39 is 17.8 Å². The molecule has 4 aromatic heterocycles. The second-order valence-electron chi connectivity index (χ2n) is 23.5. The summed E-state index contributed by atoms with van der Waals surface area (Å²) in [7, 11) is 2.81. The van der Waals surface area contributed by atoms with Crippen molar-refractivity contribution in [3.63, 3.8) is 0 Å². The highest BCUT2D eigenvalue weighted by molar-refractivity contribution is 5.98. The van der Waals surface area contributed by atoms with Gasteiger partial charge in [-0.2, -0.15) is 33.3 Å². The summed E-state index contributed by atoms with van der Waals surface area (Å²) in [4.78, 5) is 55.0. The van der Waals surface area contributed by atoms with Crippen LogP contribution >= 0.6 is 0 Å². The molecule has 87 heavy (non-hydrogen) atoms. The first-order valence-corrected chi connectivity index (χ1v) is 30.4. The normalized spacial score (nSPS) is 18.8. The van der Waals surface area contributed by atoms with Gasteiger partial charge in [-0.05, 0) is 128 Å². The number of ether oxygens (including phenoxy) is 2. The standard InChI is InChI=1S/C63H74F3N13O4.CH4O.CH2O/c1-6-78-53(19-22-71-78)41-13-9-39(10-14-41)30-69-31-43-8-7-23-76(43)61(81)59(36(2)3)79-34-50(52(35-80)75-79)46-17-11-38(27-51(46)68-5)12-18-47-55(58-56(63(64,65)66)37(4)26-54(67)72-58)48(40-15-16-40)29-49-57(47)73-62(83-45-20-24-82-25-21-45)74-60(49)77-33-42-28-44(77)32-70-42;2*1-2/h9-11,13-14,17,19,22,26-27,29,34-36,40,42-45,59,68-70H,6-8,12,15-16,18,20-21,23-25,28,30-33H2,1-5H3,(H2,67,72);2H,1H3;1H2. The number of carbonyl (C=O) groups excluding carboxylic acids is 3. The van der Waals surface area contributed by atoms with Crippen LogP contribution in [-0.2, 0) is 46.4 Å². The van der Waals surface area contributed by atoms with Crippen molar-refractivity contribution in [3.8, 4) is 39.7 Å². The Morgan fingerprint density at radius 3 is 2.40 bits per heavy atom. The third-order valence-corrected chi connectivity index (χ3v) is 17.6.